The standard InChI is InChI=1S/C23H19F5N4O3/c1-35-21-15(23(26,27)28)6-12(7-29-21)13-4-11-5-18(13)32(8-11)19(33)10-31-9-14-17(30-22(31)34)3-2-16(24)20(14)25/h2-4,6-7,11,18H,5,8-10H2,1H3,(H,30,34)/t11-,18-/m0/s1. The fourth-order valence-electron chi connectivity index (χ4n) is 4.89. The number of carbonyl (C=O) groups is 2. The largest absolute Gasteiger partial charge is 0.481 e. The molecule has 7 nitrogen and oxygen atoms in total. The van der Waals surface area contributed by atoms with Crippen molar-refractivity contribution in [3.63, 3.8) is 0 Å². The molecule has 2 aromatic rings. The summed E-state index contributed by atoms with van der Waals surface area (Å²) in [6, 6.07) is 1.99. The molecule has 1 aromatic heterocycles. The summed E-state index contributed by atoms with van der Waals surface area (Å²) in [6.45, 7) is -0.345. The molecule has 2 atom stereocenters. The number of benzene rings is 1. The van der Waals surface area contributed by atoms with Crippen LogP contribution < -0.4 is 10.1 Å². The Morgan fingerprint density at radius 2 is 2.06 bits per heavy atom. The number of anilines is 1. The molecule has 184 valence electrons. The highest BCUT2D eigenvalue weighted by molar-refractivity contribution is 5.95. The van der Waals surface area contributed by atoms with Gasteiger partial charge in [0, 0.05) is 18.3 Å². The second kappa shape index (κ2) is 8.21. The number of amides is 3. The number of urea groups is 1. The molecule has 0 saturated carbocycles. The predicted molar refractivity (Wildman–Crippen MR) is 113 cm³/mol. The van der Waals surface area contributed by atoms with Gasteiger partial charge >= 0.3 is 12.2 Å². The van der Waals surface area contributed by atoms with Crippen LogP contribution in [0.2, 0.25) is 0 Å². The normalized spacial score (nSPS) is 21.1. The number of ether oxygens (including phenoxy) is 1. The fourth-order valence-corrected chi connectivity index (χ4v) is 4.89. The summed E-state index contributed by atoms with van der Waals surface area (Å²) in [6.07, 6.45) is -1.03. The average molecular weight is 494 g/mol. The molecule has 1 aliphatic carbocycles. The van der Waals surface area contributed by atoms with E-state index in [1.54, 1.807) is 0 Å². The number of aromatic nitrogens is 1. The van der Waals surface area contributed by atoms with Gasteiger partial charge in [0.05, 0.1) is 25.4 Å². The number of pyridine rings is 1. The number of rotatable bonds is 4. The molecule has 3 heterocycles. The summed E-state index contributed by atoms with van der Waals surface area (Å²) in [5.41, 5.74) is -0.181. The maximum absolute atomic E-state index is 14.2. The van der Waals surface area contributed by atoms with Gasteiger partial charge in [-0.05, 0) is 41.7 Å². The van der Waals surface area contributed by atoms with Crippen molar-refractivity contribution in [2.45, 2.75) is 25.2 Å². The van der Waals surface area contributed by atoms with Gasteiger partial charge in [-0.15, -0.1) is 0 Å². The number of fused-ring (bicyclic) bond motifs is 3. The highest BCUT2D eigenvalue weighted by Crippen LogP contribution is 2.44. The van der Waals surface area contributed by atoms with Crippen LogP contribution in [0.1, 0.15) is 23.1 Å². The average Bonchev–Trinajstić information content (AvgIpc) is 3.43. The quantitative estimate of drug-likeness (QED) is 0.651. The van der Waals surface area contributed by atoms with Gasteiger partial charge in [-0.3, -0.25) is 4.79 Å². The maximum Gasteiger partial charge on any atom is 0.421 e. The Bertz CT molecular complexity index is 1260. The van der Waals surface area contributed by atoms with Crippen LogP contribution in [0.5, 0.6) is 5.88 Å². The lowest BCUT2D eigenvalue weighted by Gasteiger charge is -2.33. The summed E-state index contributed by atoms with van der Waals surface area (Å²) in [5, 5.41) is 2.45. The molecular weight excluding hydrogens is 475 g/mol. The van der Waals surface area contributed by atoms with E-state index in [4.69, 9.17) is 4.74 Å². The third-order valence-corrected chi connectivity index (χ3v) is 6.51. The first kappa shape index (κ1) is 23.1. The van der Waals surface area contributed by atoms with E-state index in [-0.39, 0.29) is 29.3 Å². The third kappa shape index (κ3) is 3.96. The number of hydrogen-bond acceptors (Lipinski definition) is 4. The minimum atomic E-state index is -4.67. The van der Waals surface area contributed by atoms with E-state index < -0.39 is 53.8 Å². The summed E-state index contributed by atoms with van der Waals surface area (Å²) in [7, 11) is 1.10. The monoisotopic (exact) mass is 494 g/mol. The van der Waals surface area contributed by atoms with Gasteiger partial charge in [0.15, 0.2) is 11.6 Å². The Labute approximate surface area is 196 Å². The molecule has 0 unspecified atom stereocenters. The number of halogens is 5. The minimum absolute atomic E-state index is 0.0576. The zero-order valence-corrected chi connectivity index (χ0v) is 18.3. The van der Waals surface area contributed by atoms with E-state index in [1.807, 2.05) is 6.08 Å². The van der Waals surface area contributed by atoms with Gasteiger partial charge in [0.1, 0.15) is 12.1 Å². The molecule has 1 fully saturated rings. The Balaban J connectivity index is 1.35. The van der Waals surface area contributed by atoms with E-state index in [9.17, 15) is 31.5 Å². The Morgan fingerprint density at radius 1 is 1.29 bits per heavy atom. The van der Waals surface area contributed by atoms with Crippen molar-refractivity contribution in [2.75, 3.05) is 25.5 Å². The maximum atomic E-state index is 14.2. The van der Waals surface area contributed by atoms with Crippen LogP contribution in [-0.2, 0) is 17.5 Å². The van der Waals surface area contributed by atoms with Crippen molar-refractivity contribution in [1.82, 2.24) is 14.8 Å². The first-order valence-corrected chi connectivity index (χ1v) is 10.7. The van der Waals surface area contributed by atoms with Crippen LogP contribution in [0.15, 0.2) is 30.5 Å². The third-order valence-electron chi connectivity index (χ3n) is 6.51. The molecule has 2 bridgehead atoms. The van der Waals surface area contributed by atoms with Crippen molar-refractivity contribution in [2.24, 2.45) is 5.92 Å². The van der Waals surface area contributed by atoms with Crippen LogP contribution in [-0.4, -0.2) is 53.0 Å². The van der Waals surface area contributed by atoms with Crippen molar-refractivity contribution in [3.8, 4) is 5.88 Å². The van der Waals surface area contributed by atoms with Crippen LogP contribution in [0, 0.1) is 17.6 Å². The molecule has 1 aromatic carbocycles. The van der Waals surface area contributed by atoms with Crippen LogP contribution in [0.4, 0.5) is 32.4 Å². The van der Waals surface area contributed by atoms with Gasteiger partial charge in [-0.2, -0.15) is 13.2 Å². The van der Waals surface area contributed by atoms with Crippen molar-refractivity contribution >= 4 is 23.2 Å². The van der Waals surface area contributed by atoms with Crippen LogP contribution in [0.25, 0.3) is 5.57 Å². The van der Waals surface area contributed by atoms with E-state index in [0.29, 0.717) is 18.5 Å². The zero-order chi connectivity index (χ0) is 25.1. The van der Waals surface area contributed by atoms with Gasteiger partial charge < -0.3 is 19.9 Å². The molecule has 1 N–H and O–H groups in total. The molecule has 1 saturated heterocycles. The second-order valence-corrected chi connectivity index (χ2v) is 8.63. The van der Waals surface area contributed by atoms with Gasteiger partial charge in [-0.25, -0.2) is 18.6 Å². The number of alkyl halides is 3. The molecule has 5 rings (SSSR count). The van der Waals surface area contributed by atoms with E-state index in [0.717, 1.165) is 24.1 Å². The number of nitrogens with zero attached hydrogens (tertiary/aromatic N) is 3. The number of carbonyl (C=O) groups excluding carboxylic acids is 2. The first-order valence-electron chi connectivity index (χ1n) is 10.7. The molecule has 0 spiro atoms. The van der Waals surface area contributed by atoms with Crippen LogP contribution in [0.3, 0.4) is 0 Å². The molecular formula is C23H19F5N4O3. The molecule has 0 radical (unpaired) electrons. The number of hydrogen-bond donors (Lipinski definition) is 1. The first-order chi connectivity index (χ1) is 16.6. The topological polar surface area (TPSA) is 74.8 Å². The fraction of sp³-hybridized carbons (Fsp3) is 0.348. The molecule has 2 aliphatic heterocycles. The summed E-state index contributed by atoms with van der Waals surface area (Å²) >= 11 is 0. The molecule has 12 heteroatoms. The summed E-state index contributed by atoms with van der Waals surface area (Å²) < 4.78 is 72.9. The lowest BCUT2D eigenvalue weighted by molar-refractivity contribution is -0.139. The van der Waals surface area contributed by atoms with E-state index >= 15 is 0 Å². The van der Waals surface area contributed by atoms with E-state index in [2.05, 4.69) is 10.3 Å². The smallest absolute Gasteiger partial charge is 0.421 e. The summed E-state index contributed by atoms with van der Waals surface area (Å²) in [4.78, 5) is 31.9. The van der Waals surface area contributed by atoms with Gasteiger partial charge in [0.2, 0.25) is 11.8 Å². The van der Waals surface area contributed by atoms with Crippen LogP contribution >= 0.6 is 0 Å². The van der Waals surface area contributed by atoms with Crippen molar-refractivity contribution in [1.29, 1.82) is 0 Å². The Kier molecular flexibility index (Phi) is 5.41. The SMILES string of the molecule is COc1ncc(C2=C[C@H]3C[C@@H]2N(C(=O)CN2Cc4c(ccc(F)c4F)NC2=O)C3)cc1C(F)(F)F. The number of nitrogens with one attached hydrogen (secondary N) is 1. The highest BCUT2D eigenvalue weighted by atomic mass is 19.4. The second-order valence-electron chi connectivity index (χ2n) is 8.63. The van der Waals surface area contributed by atoms with Gasteiger partial charge in [0.25, 0.3) is 0 Å². The predicted octanol–water partition coefficient (Wildman–Crippen LogP) is 4.05. The summed E-state index contributed by atoms with van der Waals surface area (Å²) in [5.74, 6) is -3.21. The molecule has 35 heavy (non-hydrogen) atoms. The molecule has 3 aliphatic rings. The van der Waals surface area contributed by atoms with E-state index in [1.165, 1.54) is 17.2 Å². The van der Waals surface area contributed by atoms with Crippen molar-refractivity contribution < 1.29 is 36.3 Å². The lowest BCUT2D eigenvalue weighted by Crippen LogP contribution is -2.48. The lowest BCUT2D eigenvalue weighted by atomic mass is 10.00. The Hall–Kier alpha value is -3.70. The number of likely N-dealkylation sites (tertiary alicyclic amines) is 1. The Morgan fingerprint density at radius 3 is 2.74 bits per heavy atom. The minimum Gasteiger partial charge on any atom is -0.481 e. The van der Waals surface area contributed by atoms with Crippen molar-refractivity contribution in [3.05, 3.63) is 58.8 Å². The van der Waals surface area contributed by atoms with Gasteiger partial charge in [-0.1, -0.05) is 6.08 Å². The molecule has 3 amide bonds. The number of methoxy groups -OCH3 is 1. The zero-order valence-electron chi connectivity index (χ0n) is 18.3. The highest BCUT2D eigenvalue weighted by Gasteiger charge is 2.44.